The van der Waals surface area contributed by atoms with Crippen molar-refractivity contribution >= 4 is 12.3 Å². The molecule has 0 aromatic carbocycles. The molecule has 6 rings (SSSR count). The van der Waals surface area contributed by atoms with Crippen LogP contribution in [0.1, 0.15) is 65.2 Å². The van der Waals surface area contributed by atoms with Crippen molar-refractivity contribution < 1.29 is 54.1 Å². The van der Waals surface area contributed by atoms with Crippen LogP contribution in [0.4, 0.5) is 0 Å². The second-order valence-corrected chi connectivity index (χ2v) is 13.7. The first-order valence-electron chi connectivity index (χ1n) is 15.0. The molecule has 5 fully saturated rings. The average Bonchev–Trinajstić information content (AvgIpc) is 3.48. The SMILES string of the molecule is COC1C(OC2CCC3(C=O)C4CC(O)C5(C)[C@@H](C6=CC(=O)OC6)CCC5(O)C4CCC3(O)C2)OC(C)C(O)C1O. The van der Waals surface area contributed by atoms with E-state index in [0.29, 0.717) is 32.1 Å². The van der Waals surface area contributed by atoms with E-state index in [1.54, 1.807) is 6.92 Å². The number of carbonyl (C=O) groups excluding carboxylic acids is 2. The molecule has 0 amide bonds. The van der Waals surface area contributed by atoms with Gasteiger partial charge in [-0.2, -0.15) is 0 Å². The van der Waals surface area contributed by atoms with Crippen LogP contribution in [0.15, 0.2) is 11.6 Å². The van der Waals surface area contributed by atoms with Crippen molar-refractivity contribution in [3.05, 3.63) is 11.6 Å². The number of rotatable bonds is 5. The fourth-order valence-corrected chi connectivity index (χ4v) is 9.98. The predicted molar refractivity (Wildman–Crippen MR) is 141 cm³/mol. The number of aliphatic hydroxyl groups is 5. The first-order chi connectivity index (χ1) is 19.3. The van der Waals surface area contributed by atoms with Crippen LogP contribution in [-0.4, -0.2) is 106 Å². The first kappa shape index (κ1) is 29.6. The van der Waals surface area contributed by atoms with E-state index in [1.165, 1.54) is 13.2 Å². The Balaban J connectivity index is 1.25. The van der Waals surface area contributed by atoms with E-state index in [2.05, 4.69) is 0 Å². The molecule has 0 bridgehead atoms. The van der Waals surface area contributed by atoms with Gasteiger partial charge in [0.15, 0.2) is 6.29 Å². The second kappa shape index (κ2) is 10.1. The number of hydrogen-bond donors (Lipinski definition) is 5. The Kier molecular flexibility index (Phi) is 7.26. The number of cyclic esters (lactones) is 1. The van der Waals surface area contributed by atoms with Crippen LogP contribution in [0.25, 0.3) is 0 Å². The van der Waals surface area contributed by atoms with E-state index >= 15 is 0 Å². The monoisotopic (exact) mass is 580 g/mol. The maximum Gasteiger partial charge on any atom is 0.331 e. The van der Waals surface area contributed by atoms with E-state index in [0.717, 1.165) is 11.9 Å². The van der Waals surface area contributed by atoms with Gasteiger partial charge in [0.25, 0.3) is 0 Å². The van der Waals surface area contributed by atoms with Gasteiger partial charge in [0.2, 0.25) is 0 Å². The predicted octanol–water partition coefficient (Wildman–Crippen LogP) is 0.375. The summed E-state index contributed by atoms with van der Waals surface area (Å²) in [5, 5.41) is 57.0. The lowest BCUT2D eigenvalue weighted by atomic mass is 9.41. The van der Waals surface area contributed by atoms with Gasteiger partial charge < -0.3 is 49.3 Å². The molecule has 0 aromatic heterocycles. The molecule has 2 heterocycles. The van der Waals surface area contributed by atoms with Crippen LogP contribution in [0.3, 0.4) is 0 Å². The molecule has 0 radical (unpaired) electrons. The van der Waals surface area contributed by atoms with Crippen LogP contribution in [0.2, 0.25) is 0 Å². The number of methoxy groups -OCH3 is 1. The molecule has 4 aliphatic carbocycles. The van der Waals surface area contributed by atoms with Crippen LogP contribution in [-0.2, 0) is 28.5 Å². The summed E-state index contributed by atoms with van der Waals surface area (Å²) in [5.74, 6) is -1.36. The summed E-state index contributed by atoms with van der Waals surface area (Å²) in [4.78, 5) is 24.9. The molecular weight excluding hydrogens is 536 g/mol. The number of carbonyl (C=O) groups is 2. The van der Waals surface area contributed by atoms with Gasteiger partial charge in [0.05, 0.1) is 34.9 Å². The van der Waals surface area contributed by atoms with Gasteiger partial charge in [-0.05, 0) is 75.2 Å². The molecule has 5 N–H and O–H groups in total. The van der Waals surface area contributed by atoms with Crippen molar-refractivity contribution in [2.75, 3.05) is 13.7 Å². The standard InChI is InChI=1S/C30H44O11/c1-15-23(34)24(35)25(38-3)26(40-15)41-17-4-7-28(14-31)20-11-21(32)27(2)18(16-10-22(33)39-13-16)6-9-30(27,37)19(20)5-8-29(28,36)12-17/h10,14-15,17-21,23-26,32,34-37H,4-9,11-13H2,1-3H3/t15?,17?,18-,19?,20?,21?,23?,24?,25?,26?,27?,28?,29?,30?/m1/s1. The van der Waals surface area contributed by atoms with Crippen molar-refractivity contribution in [3.63, 3.8) is 0 Å². The first-order valence-corrected chi connectivity index (χ1v) is 15.0. The summed E-state index contributed by atoms with van der Waals surface area (Å²) >= 11 is 0. The van der Waals surface area contributed by atoms with Crippen molar-refractivity contribution in [1.29, 1.82) is 0 Å². The highest BCUT2D eigenvalue weighted by Gasteiger charge is 2.74. The summed E-state index contributed by atoms with van der Waals surface area (Å²) in [6, 6.07) is 0. The topological polar surface area (TPSA) is 172 Å². The third-order valence-electron chi connectivity index (χ3n) is 12.3. The Hall–Kier alpha value is -1.44. The highest BCUT2D eigenvalue weighted by atomic mass is 16.7. The second-order valence-electron chi connectivity index (χ2n) is 13.7. The zero-order chi connectivity index (χ0) is 29.5. The fraction of sp³-hybridized carbons (Fsp3) is 0.867. The van der Waals surface area contributed by atoms with Crippen LogP contribution in [0.5, 0.6) is 0 Å². The molecule has 4 saturated carbocycles. The number of esters is 1. The van der Waals surface area contributed by atoms with E-state index in [-0.39, 0.29) is 37.7 Å². The molecular formula is C30H44O11. The highest BCUT2D eigenvalue weighted by Crippen LogP contribution is 2.70. The molecule has 14 atom stereocenters. The molecule has 1 saturated heterocycles. The van der Waals surface area contributed by atoms with Gasteiger partial charge in [-0.3, -0.25) is 0 Å². The molecule has 41 heavy (non-hydrogen) atoms. The summed E-state index contributed by atoms with van der Waals surface area (Å²) in [6.07, 6.45) is -1.06. The molecule has 2 aliphatic heterocycles. The van der Waals surface area contributed by atoms with Crippen molar-refractivity contribution in [3.8, 4) is 0 Å². The zero-order valence-corrected chi connectivity index (χ0v) is 24.0. The van der Waals surface area contributed by atoms with Crippen LogP contribution >= 0.6 is 0 Å². The molecule has 11 nitrogen and oxygen atoms in total. The normalized spacial score (nSPS) is 54.9. The molecule has 13 unspecified atom stereocenters. The van der Waals surface area contributed by atoms with Gasteiger partial charge in [-0.15, -0.1) is 0 Å². The minimum Gasteiger partial charge on any atom is -0.458 e. The molecule has 11 heteroatoms. The number of ether oxygens (including phenoxy) is 4. The molecule has 6 aliphatic rings. The Morgan fingerprint density at radius 2 is 1.80 bits per heavy atom. The summed E-state index contributed by atoms with van der Waals surface area (Å²) in [5.41, 5.74) is -3.98. The Bertz CT molecular complexity index is 1100. The van der Waals surface area contributed by atoms with E-state index in [4.69, 9.17) is 18.9 Å². The Morgan fingerprint density at radius 1 is 1.05 bits per heavy atom. The van der Waals surface area contributed by atoms with Gasteiger partial charge in [0, 0.05) is 25.0 Å². The summed E-state index contributed by atoms with van der Waals surface area (Å²) in [6.45, 7) is 3.70. The lowest BCUT2D eigenvalue weighted by Crippen LogP contribution is -2.71. The van der Waals surface area contributed by atoms with Crippen LogP contribution < -0.4 is 0 Å². The maximum atomic E-state index is 13.1. The lowest BCUT2D eigenvalue weighted by molar-refractivity contribution is -0.322. The summed E-state index contributed by atoms with van der Waals surface area (Å²) in [7, 11) is 1.40. The van der Waals surface area contributed by atoms with E-state index in [9.17, 15) is 35.1 Å². The highest BCUT2D eigenvalue weighted by molar-refractivity contribution is 5.85. The zero-order valence-electron chi connectivity index (χ0n) is 24.0. The smallest absolute Gasteiger partial charge is 0.331 e. The van der Waals surface area contributed by atoms with Gasteiger partial charge in [-0.25, -0.2) is 4.79 Å². The van der Waals surface area contributed by atoms with Gasteiger partial charge >= 0.3 is 5.97 Å². The Labute approximate surface area is 239 Å². The number of aldehydes is 1. The van der Waals surface area contributed by atoms with Crippen molar-refractivity contribution in [1.82, 2.24) is 0 Å². The molecule has 0 spiro atoms. The average molecular weight is 581 g/mol. The third kappa shape index (κ3) is 4.00. The largest absolute Gasteiger partial charge is 0.458 e. The van der Waals surface area contributed by atoms with Gasteiger partial charge in [-0.1, -0.05) is 6.92 Å². The quantitative estimate of drug-likeness (QED) is 0.173. The van der Waals surface area contributed by atoms with Gasteiger partial charge in [0.1, 0.15) is 31.2 Å². The summed E-state index contributed by atoms with van der Waals surface area (Å²) < 4.78 is 22.6. The lowest BCUT2D eigenvalue weighted by Gasteiger charge is -2.66. The minimum absolute atomic E-state index is 0.152. The minimum atomic E-state index is -1.42. The maximum absolute atomic E-state index is 13.1. The molecule has 0 aromatic rings. The number of aliphatic hydroxyl groups excluding tert-OH is 3. The van der Waals surface area contributed by atoms with Crippen molar-refractivity contribution in [2.45, 2.75) is 119 Å². The number of fused-ring (bicyclic) bond motifs is 5. The fourth-order valence-electron chi connectivity index (χ4n) is 9.98. The van der Waals surface area contributed by atoms with Crippen molar-refractivity contribution in [2.24, 2.45) is 28.6 Å². The van der Waals surface area contributed by atoms with Crippen LogP contribution in [0, 0.1) is 28.6 Å². The number of hydrogen-bond acceptors (Lipinski definition) is 11. The van der Waals surface area contributed by atoms with E-state index < -0.39 is 76.8 Å². The third-order valence-corrected chi connectivity index (χ3v) is 12.3. The van der Waals surface area contributed by atoms with E-state index in [1.807, 2.05) is 6.92 Å². The Morgan fingerprint density at radius 3 is 2.46 bits per heavy atom. The molecule has 230 valence electrons.